The number of hydrogen-bond acceptors (Lipinski definition) is 2. The Kier molecular flexibility index (Phi) is 5.28. The van der Waals surface area contributed by atoms with Gasteiger partial charge in [0.1, 0.15) is 5.75 Å². The average Bonchev–Trinajstić information content (AvgIpc) is 2.12. The zero-order valence-corrected chi connectivity index (χ0v) is 8.04. The standard InChI is InChI=1S/C9H10O2.C2H4/c1-7-5-3-4-6-9(7)11-8(2)10;1-2/h3-6H,1-2H3;1-2H2. The van der Waals surface area contributed by atoms with Crippen LogP contribution < -0.4 is 4.74 Å². The Morgan fingerprint density at radius 2 is 1.85 bits per heavy atom. The van der Waals surface area contributed by atoms with Crippen LogP contribution in [0.1, 0.15) is 12.5 Å². The molecule has 1 aromatic carbocycles. The van der Waals surface area contributed by atoms with Gasteiger partial charge in [-0.2, -0.15) is 0 Å². The number of carbonyl (C=O) groups is 1. The first-order valence-corrected chi connectivity index (χ1v) is 3.94. The van der Waals surface area contributed by atoms with Crippen molar-refractivity contribution in [2.75, 3.05) is 0 Å². The summed E-state index contributed by atoms with van der Waals surface area (Å²) in [7, 11) is 0. The first-order chi connectivity index (χ1) is 6.20. The highest BCUT2D eigenvalue weighted by Gasteiger charge is 1.99. The molecule has 70 valence electrons. The first-order valence-electron chi connectivity index (χ1n) is 3.94. The van der Waals surface area contributed by atoms with Gasteiger partial charge in [-0.25, -0.2) is 0 Å². The molecule has 0 N–H and O–H groups in total. The van der Waals surface area contributed by atoms with E-state index in [9.17, 15) is 4.79 Å². The molecule has 2 heteroatoms. The molecule has 0 radical (unpaired) electrons. The van der Waals surface area contributed by atoms with E-state index in [1.165, 1.54) is 6.92 Å². The Morgan fingerprint density at radius 3 is 2.31 bits per heavy atom. The van der Waals surface area contributed by atoms with Gasteiger partial charge in [-0.1, -0.05) is 18.2 Å². The highest BCUT2D eigenvalue weighted by atomic mass is 16.5. The predicted molar refractivity (Wildman–Crippen MR) is 53.7 cm³/mol. The average molecular weight is 178 g/mol. The molecule has 0 heterocycles. The maximum atomic E-state index is 10.5. The highest BCUT2D eigenvalue weighted by Crippen LogP contribution is 2.15. The number of carbonyl (C=O) groups excluding carboxylic acids is 1. The first kappa shape index (κ1) is 11.4. The third-order valence-electron chi connectivity index (χ3n) is 1.35. The van der Waals surface area contributed by atoms with E-state index in [2.05, 4.69) is 13.2 Å². The Bertz CT molecular complexity index is 279. The van der Waals surface area contributed by atoms with Crippen LogP contribution in [0, 0.1) is 6.92 Å². The van der Waals surface area contributed by atoms with Crippen LogP contribution in [-0.2, 0) is 4.79 Å². The van der Waals surface area contributed by atoms with Crippen LogP contribution in [0.15, 0.2) is 37.4 Å². The van der Waals surface area contributed by atoms with Gasteiger partial charge in [0.15, 0.2) is 0 Å². The molecular formula is C11H14O2. The summed E-state index contributed by atoms with van der Waals surface area (Å²) in [5, 5.41) is 0. The summed E-state index contributed by atoms with van der Waals surface area (Å²) in [5.74, 6) is 0.360. The van der Waals surface area contributed by atoms with Crippen LogP contribution in [0.4, 0.5) is 0 Å². The number of hydrogen-bond donors (Lipinski definition) is 0. The van der Waals surface area contributed by atoms with Crippen molar-refractivity contribution in [1.29, 1.82) is 0 Å². The third kappa shape index (κ3) is 4.11. The van der Waals surface area contributed by atoms with Gasteiger partial charge in [0.25, 0.3) is 0 Å². The predicted octanol–water partition coefficient (Wildman–Crippen LogP) is 2.72. The molecule has 0 saturated carbocycles. The number of esters is 1. The quantitative estimate of drug-likeness (QED) is 0.375. The third-order valence-corrected chi connectivity index (χ3v) is 1.35. The SMILES string of the molecule is C=C.CC(=O)Oc1ccccc1C. The summed E-state index contributed by atoms with van der Waals surface area (Å²) in [6, 6.07) is 7.42. The number of para-hydroxylation sites is 1. The molecule has 0 amide bonds. The lowest BCUT2D eigenvalue weighted by Gasteiger charge is -2.02. The summed E-state index contributed by atoms with van der Waals surface area (Å²) in [6.45, 7) is 9.30. The summed E-state index contributed by atoms with van der Waals surface area (Å²) < 4.78 is 4.91. The van der Waals surface area contributed by atoms with Gasteiger partial charge in [-0.3, -0.25) is 4.79 Å². The summed E-state index contributed by atoms with van der Waals surface area (Å²) in [5.41, 5.74) is 0.975. The fraction of sp³-hybridized carbons (Fsp3) is 0.182. The van der Waals surface area contributed by atoms with E-state index in [1.807, 2.05) is 25.1 Å². The maximum absolute atomic E-state index is 10.5. The summed E-state index contributed by atoms with van der Waals surface area (Å²) >= 11 is 0. The molecule has 0 atom stereocenters. The van der Waals surface area contributed by atoms with Gasteiger partial charge in [-0.05, 0) is 18.6 Å². The van der Waals surface area contributed by atoms with Crippen molar-refractivity contribution in [2.45, 2.75) is 13.8 Å². The fourth-order valence-electron chi connectivity index (χ4n) is 0.826. The van der Waals surface area contributed by atoms with Gasteiger partial charge >= 0.3 is 5.97 Å². The van der Waals surface area contributed by atoms with Crippen molar-refractivity contribution in [2.24, 2.45) is 0 Å². The highest BCUT2D eigenvalue weighted by molar-refractivity contribution is 5.69. The molecule has 0 saturated heterocycles. The minimum absolute atomic E-state index is 0.278. The molecule has 0 aliphatic carbocycles. The van der Waals surface area contributed by atoms with Crippen LogP contribution >= 0.6 is 0 Å². The van der Waals surface area contributed by atoms with E-state index in [1.54, 1.807) is 6.07 Å². The topological polar surface area (TPSA) is 26.3 Å². The van der Waals surface area contributed by atoms with Gasteiger partial charge in [0, 0.05) is 6.92 Å². The molecule has 0 bridgehead atoms. The van der Waals surface area contributed by atoms with Gasteiger partial charge in [0.05, 0.1) is 0 Å². The minimum atomic E-state index is -0.278. The maximum Gasteiger partial charge on any atom is 0.308 e. The van der Waals surface area contributed by atoms with Crippen LogP contribution in [-0.4, -0.2) is 5.97 Å². The molecule has 0 aliphatic rings. The Hall–Kier alpha value is -1.57. The van der Waals surface area contributed by atoms with Crippen molar-refractivity contribution in [3.63, 3.8) is 0 Å². The summed E-state index contributed by atoms with van der Waals surface area (Å²) in [6.07, 6.45) is 0. The number of benzene rings is 1. The minimum Gasteiger partial charge on any atom is -0.426 e. The number of aryl methyl sites for hydroxylation is 1. The number of ether oxygens (including phenoxy) is 1. The largest absolute Gasteiger partial charge is 0.426 e. The van der Waals surface area contributed by atoms with Gasteiger partial charge in [-0.15, -0.1) is 13.2 Å². The van der Waals surface area contributed by atoms with Crippen LogP contribution in [0.5, 0.6) is 5.75 Å². The smallest absolute Gasteiger partial charge is 0.308 e. The number of rotatable bonds is 1. The van der Waals surface area contributed by atoms with Crippen molar-refractivity contribution < 1.29 is 9.53 Å². The molecule has 13 heavy (non-hydrogen) atoms. The zero-order chi connectivity index (χ0) is 10.3. The monoisotopic (exact) mass is 178 g/mol. The molecule has 0 aromatic heterocycles. The molecular weight excluding hydrogens is 164 g/mol. The van der Waals surface area contributed by atoms with Crippen molar-refractivity contribution in [3.05, 3.63) is 43.0 Å². The molecule has 0 unspecified atom stereocenters. The molecule has 2 nitrogen and oxygen atoms in total. The van der Waals surface area contributed by atoms with E-state index in [0.29, 0.717) is 5.75 Å². The second-order valence-electron chi connectivity index (χ2n) is 2.36. The van der Waals surface area contributed by atoms with E-state index in [-0.39, 0.29) is 5.97 Å². The Labute approximate surface area is 78.8 Å². The van der Waals surface area contributed by atoms with Crippen molar-refractivity contribution in [1.82, 2.24) is 0 Å². The molecule has 0 aliphatic heterocycles. The Balaban J connectivity index is 0.000000671. The van der Waals surface area contributed by atoms with Gasteiger partial charge < -0.3 is 4.74 Å². The van der Waals surface area contributed by atoms with Crippen molar-refractivity contribution in [3.8, 4) is 5.75 Å². The summed E-state index contributed by atoms with van der Waals surface area (Å²) in [4.78, 5) is 10.5. The zero-order valence-electron chi connectivity index (χ0n) is 8.04. The second kappa shape index (κ2) is 6.00. The second-order valence-corrected chi connectivity index (χ2v) is 2.36. The fourth-order valence-corrected chi connectivity index (χ4v) is 0.826. The van der Waals surface area contributed by atoms with Crippen LogP contribution in [0.2, 0.25) is 0 Å². The molecule has 1 aromatic rings. The van der Waals surface area contributed by atoms with E-state index < -0.39 is 0 Å². The van der Waals surface area contributed by atoms with Crippen LogP contribution in [0.3, 0.4) is 0 Å². The van der Waals surface area contributed by atoms with E-state index >= 15 is 0 Å². The molecule has 1 rings (SSSR count). The normalized spacial score (nSPS) is 8.15. The molecule has 0 fully saturated rings. The lowest BCUT2D eigenvalue weighted by molar-refractivity contribution is -0.131. The van der Waals surface area contributed by atoms with Crippen LogP contribution in [0.25, 0.3) is 0 Å². The Morgan fingerprint density at radius 1 is 1.31 bits per heavy atom. The van der Waals surface area contributed by atoms with Gasteiger partial charge in [0.2, 0.25) is 0 Å². The van der Waals surface area contributed by atoms with E-state index in [4.69, 9.17) is 4.74 Å². The lowest BCUT2D eigenvalue weighted by Crippen LogP contribution is -2.02. The van der Waals surface area contributed by atoms with E-state index in [0.717, 1.165) is 5.56 Å². The lowest BCUT2D eigenvalue weighted by atomic mass is 10.2. The van der Waals surface area contributed by atoms with Crippen molar-refractivity contribution >= 4 is 5.97 Å². The molecule has 0 spiro atoms.